The molecule has 5 nitrogen and oxygen atoms in total. The third kappa shape index (κ3) is 3.99. The molecule has 0 radical (unpaired) electrons. The van der Waals surface area contributed by atoms with Gasteiger partial charge in [-0.15, -0.1) is 0 Å². The molecule has 1 aromatic heterocycles. The smallest absolute Gasteiger partial charge is 0.328 e. The Hall–Kier alpha value is -3.60. The Balaban J connectivity index is 1.56. The quantitative estimate of drug-likeness (QED) is 0.507. The van der Waals surface area contributed by atoms with Gasteiger partial charge in [0.15, 0.2) is 0 Å². The lowest BCUT2D eigenvalue weighted by Gasteiger charge is -2.16. The van der Waals surface area contributed by atoms with Crippen LogP contribution in [0.4, 0.5) is 0 Å². The van der Waals surface area contributed by atoms with Gasteiger partial charge in [0.25, 0.3) is 0 Å². The van der Waals surface area contributed by atoms with E-state index in [0.29, 0.717) is 6.42 Å². The van der Waals surface area contributed by atoms with Crippen LogP contribution in [0.25, 0.3) is 21.7 Å². The lowest BCUT2D eigenvalue weighted by atomic mass is 10.0. The number of furan rings is 1. The fourth-order valence-corrected chi connectivity index (χ4v) is 3.61. The van der Waals surface area contributed by atoms with E-state index in [-0.39, 0.29) is 12.3 Å². The van der Waals surface area contributed by atoms with Gasteiger partial charge in [-0.25, -0.2) is 4.79 Å². The van der Waals surface area contributed by atoms with E-state index in [1.807, 2.05) is 66.7 Å². The van der Waals surface area contributed by atoms with Crippen LogP contribution in [-0.4, -0.2) is 25.0 Å². The molecule has 29 heavy (non-hydrogen) atoms. The molecule has 0 fully saturated rings. The molecule has 0 aliphatic heterocycles. The molecule has 1 amide bonds. The van der Waals surface area contributed by atoms with Crippen LogP contribution in [0, 0.1) is 0 Å². The molecule has 4 rings (SSSR count). The summed E-state index contributed by atoms with van der Waals surface area (Å²) in [7, 11) is 1.32. The summed E-state index contributed by atoms with van der Waals surface area (Å²) in [5.74, 6) is -0.725. The highest BCUT2D eigenvalue weighted by Crippen LogP contribution is 2.30. The number of methoxy groups -OCH3 is 1. The molecule has 1 N–H and O–H groups in total. The Bertz CT molecular complexity index is 1160. The maximum Gasteiger partial charge on any atom is 0.328 e. The molecule has 0 spiro atoms. The number of ether oxygens (including phenoxy) is 1. The molecule has 0 unspecified atom stereocenters. The van der Waals surface area contributed by atoms with Gasteiger partial charge in [-0.1, -0.05) is 60.7 Å². The number of nitrogens with one attached hydrogen (secondary N) is 1. The number of benzene rings is 3. The predicted octanol–water partition coefficient (Wildman–Crippen LogP) is 4.03. The molecule has 1 atom stereocenters. The van der Waals surface area contributed by atoms with Crippen molar-refractivity contribution in [1.82, 2.24) is 5.32 Å². The van der Waals surface area contributed by atoms with Gasteiger partial charge in [0.1, 0.15) is 11.6 Å². The van der Waals surface area contributed by atoms with Gasteiger partial charge < -0.3 is 14.5 Å². The number of hydrogen-bond acceptors (Lipinski definition) is 4. The lowest BCUT2D eigenvalue weighted by Crippen LogP contribution is -2.43. The van der Waals surface area contributed by atoms with Crippen LogP contribution in [-0.2, 0) is 27.2 Å². The van der Waals surface area contributed by atoms with Gasteiger partial charge in [-0.05, 0) is 22.4 Å². The number of carbonyl (C=O) groups excluding carboxylic acids is 2. The van der Waals surface area contributed by atoms with E-state index in [9.17, 15) is 9.59 Å². The zero-order chi connectivity index (χ0) is 20.2. The van der Waals surface area contributed by atoms with E-state index < -0.39 is 12.0 Å². The SMILES string of the molecule is COC(=O)[C@H](Cc1ccccc1)NC(=O)Cc1coc2ccc3ccccc3c12. The van der Waals surface area contributed by atoms with E-state index in [0.717, 1.165) is 32.9 Å². The average molecular weight is 387 g/mol. The van der Waals surface area contributed by atoms with E-state index in [1.165, 1.54) is 7.11 Å². The first-order valence-electron chi connectivity index (χ1n) is 9.44. The molecule has 4 aromatic rings. The number of fused-ring (bicyclic) bond motifs is 3. The third-order valence-electron chi connectivity index (χ3n) is 4.99. The van der Waals surface area contributed by atoms with Crippen LogP contribution in [0.3, 0.4) is 0 Å². The van der Waals surface area contributed by atoms with Crippen LogP contribution in [0.2, 0.25) is 0 Å². The molecule has 0 bridgehead atoms. The molecular weight excluding hydrogens is 366 g/mol. The summed E-state index contributed by atoms with van der Waals surface area (Å²) in [6.45, 7) is 0. The summed E-state index contributed by atoms with van der Waals surface area (Å²) in [6.07, 6.45) is 2.10. The Morgan fingerprint density at radius 3 is 2.55 bits per heavy atom. The van der Waals surface area contributed by atoms with Gasteiger partial charge in [0.2, 0.25) is 5.91 Å². The van der Waals surface area contributed by atoms with Gasteiger partial charge in [0, 0.05) is 17.4 Å². The Morgan fingerprint density at radius 2 is 1.76 bits per heavy atom. The molecule has 3 aromatic carbocycles. The van der Waals surface area contributed by atoms with Gasteiger partial charge in [-0.2, -0.15) is 0 Å². The largest absolute Gasteiger partial charge is 0.467 e. The van der Waals surface area contributed by atoms with Crippen molar-refractivity contribution in [3.8, 4) is 0 Å². The molecule has 0 saturated heterocycles. The summed E-state index contributed by atoms with van der Waals surface area (Å²) in [5.41, 5.74) is 2.47. The number of esters is 1. The van der Waals surface area contributed by atoms with Crippen molar-refractivity contribution in [2.45, 2.75) is 18.9 Å². The summed E-state index contributed by atoms with van der Waals surface area (Å²) in [5, 5.41) is 5.86. The number of carbonyl (C=O) groups is 2. The zero-order valence-corrected chi connectivity index (χ0v) is 16.1. The normalized spacial score (nSPS) is 12.0. The molecular formula is C24H21NO4. The van der Waals surface area contributed by atoms with Crippen molar-refractivity contribution in [2.75, 3.05) is 7.11 Å². The van der Waals surface area contributed by atoms with E-state index >= 15 is 0 Å². The molecule has 5 heteroatoms. The predicted molar refractivity (Wildman–Crippen MR) is 112 cm³/mol. The minimum Gasteiger partial charge on any atom is -0.467 e. The summed E-state index contributed by atoms with van der Waals surface area (Å²) >= 11 is 0. The highest BCUT2D eigenvalue weighted by Gasteiger charge is 2.23. The summed E-state index contributed by atoms with van der Waals surface area (Å²) in [4.78, 5) is 24.9. The van der Waals surface area contributed by atoms with Crippen LogP contribution in [0.1, 0.15) is 11.1 Å². The number of hydrogen-bond donors (Lipinski definition) is 1. The van der Waals surface area contributed by atoms with Crippen LogP contribution in [0.5, 0.6) is 0 Å². The second-order valence-electron chi connectivity index (χ2n) is 6.93. The first kappa shape index (κ1) is 18.7. The first-order valence-corrected chi connectivity index (χ1v) is 9.44. The van der Waals surface area contributed by atoms with E-state index in [2.05, 4.69) is 5.32 Å². The minimum atomic E-state index is -0.746. The standard InChI is InChI=1S/C24H21NO4/c1-28-24(27)20(13-16-7-3-2-4-8-16)25-22(26)14-18-15-29-21-12-11-17-9-5-6-10-19(17)23(18)21/h2-12,15,20H,13-14H2,1H3,(H,25,26)/t20-/m0/s1. The number of amides is 1. The molecule has 146 valence electrons. The first-order chi connectivity index (χ1) is 14.2. The van der Waals surface area contributed by atoms with Crippen molar-refractivity contribution < 1.29 is 18.7 Å². The minimum absolute atomic E-state index is 0.114. The monoisotopic (exact) mass is 387 g/mol. The highest BCUT2D eigenvalue weighted by atomic mass is 16.5. The molecule has 0 saturated carbocycles. The fraction of sp³-hybridized carbons (Fsp3) is 0.167. The second kappa shape index (κ2) is 8.19. The molecule has 1 heterocycles. The topological polar surface area (TPSA) is 68.5 Å². The zero-order valence-electron chi connectivity index (χ0n) is 16.1. The van der Waals surface area contributed by atoms with Crippen molar-refractivity contribution in [3.05, 3.63) is 84.1 Å². The second-order valence-corrected chi connectivity index (χ2v) is 6.93. The van der Waals surface area contributed by atoms with Crippen molar-refractivity contribution in [1.29, 1.82) is 0 Å². The maximum absolute atomic E-state index is 12.8. The molecule has 0 aliphatic rings. The van der Waals surface area contributed by atoms with Crippen molar-refractivity contribution >= 4 is 33.6 Å². The molecule has 0 aliphatic carbocycles. The van der Waals surface area contributed by atoms with Crippen molar-refractivity contribution in [2.24, 2.45) is 0 Å². The Kier molecular flexibility index (Phi) is 5.29. The van der Waals surface area contributed by atoms with Gasteiger partial charge in [0.05, 0.1) is 19.8 Å². The van der Waals surface area contributed by atoms with Crippen LogP contribution < -0.4 is 5.32 Å². The van der Waals surface area contributed by atoms with Crippen LogP contribution >= 0.6 is 0 Å². The number of rotatable bonds is 6. The maximum atomic E-state index is 12.8. The average Bonchev–Trinajstić information content (AvgIpc) is 3.16. The van der Waals surface area contributed by atoms with Crippen LogP contribution in [0.15, 0.2) is 77.4 Å². The lowest BCUT2D eigenvalue weighted by molar-refractivity contribution is -0.145. The van der Waals surface area contributed by atoms with Gasteiger partial charge in [-0.3, -0.25) is 4.79 Å². The Morgan fingerprint density at radius 1 is 1.00 bits per heavy atom. The summed E-state index contributed by atoms with van der Waals surface area (Å²) < 4.78 is 10.5. The van der Waals surface area contributed by atoms with E-state index in [4.69, 9.17) is 9.15 Å². The van der Waals surface area contributed by atoms with E-state index in [1.54, 1.807) is 6.26 Å². The summed E-state index contributed by atoms with van der Waals surface area (Å²) in [6, 6.07) is 20.7. The fourth-order valence-electron chi connectivity index (χ4n) is 3.61. The third-order valence-corrected chi connectivity index (χ3v) is 4.99. The van der Waals surface area contributed by atoms with Crippen molar-refractivity contribution in [3.63, 3.8) is 0 Å². The highest BCUT2D eigenvalue weighted by molar-refractivity contribution is 6.08. The Labute approximate surface area is 168 Å². The van der Waals surface area contributed by atoms with Gasteiger partial charge >= 0.3 is 5.97 Å².